The Morgan fingerprint density at radius 2 is 1.90 bits per heavy atom. The summed E-state index contributed by atoms with van der Waals surface area (Å²) in [5.41, 5.74) is 1.99. The molecule has 2 aromatic carbocycles. The quantitative estimate of drug-likeness (QED) is 0.528. The van der Waals surface area contributed by atoms with Gasteiger partial charge in [0.15, 0.2) is 5.82 Å². The van der Waals surface area contributed by atoms with Crippen molar-refractivity contribution in [1.29, 1.82) is 0 Å². The van der Waals surface area contributed by atoms with Crippen LogP contribution in [-0.2, 0) is 13.6 Å². The third-order valence-electron chi connectivity index (χ3n) is 5.42. The molecule has 3 aromatic rings. The number of carbonyl (C=O) groups is 1. The Labute approximate surface area is 166 Å². The van der Waals surface area contributed by atoms with E-state index in [0.717, 1.165) is 24.4 Å². The molecule has 8 nitrogen and oxygen atoms in total. The maximum absolute atomic E-state index is 13.1. The smallest absolute Gasteiger partial charge is 0.271 e. The first-order chi connectivity index (χ1) is 13.9. The average molecular weight is 398 g/mol. The van der Waals surface area contributed by atoms with Crippen LogP contribution in [0.15, 0.2) is 42.5 Å². The number of non-ortho nitro benzene ring substituents is 1. The molecule has 9 heteroatoms. The molecule has 0 saturated carbocycles. The maximum Gasteiger partial charge on any atom is 0.271 e. The van der Waals surface area contributed by atoms with Gasteiger partial charge in [0, 0.05) is 24.7 Å². The zero-order valence-corrected chi connectivity index (χ0v) is 16.0. The molecule has 0 radical (unpaired) electrons. The van der Waals surface area contributed by atoms with Gasteiger partial charge in [-0.25, -0.2) is 9.37 Å². The molecule has 1 N–H and O–H groups in total. The Hall–Kier alpha value is -3.33. The van der Waals surface area contributed by atoms with Crippen LogP contribution in [0.3, 0.4) is 0 Å². The summed E-state index contributed by atoms with van der Waals surface area (Å²) in [4.78, 5) is 30.8. The molecule has 0 bridgehead atoms. The fourth-order valence-electron chi connectivity index (χ4n) is 3.71. The summed E-state index contributed by atoms with van der Waals surface area (Å²) in [5, 5.41) is 11.0. The number of quaternary nitrogens is 1. The van der Waals surface area contributed by atoms with Crippen molar-refractivity contribution in [2.24, 2.45) is 7.05 Å². The number of halogens is 1. The number of aromatic nitrogens is 2. The highest BCUT2D eigenvalue weighted by Gasteiger charge is 2.26. The number of imidazole rings is 1. The summed E-state index contributed by atoms with van der Waals surface area (Å²) < 4.78 is 15.0. The summed E-state index contributed by atoms with van der Waals surface area (Å²) in [6, 6.07) is 10.3. The lowest BCUT2D eigenvalue weighted by molar-refractivity contribution is -0.918. The summed E-state index contributed by atoms with van der Waals surface area (Å²) in [5.74, 6) is 0.413. The molecule has 1 aliphatic heterocycles. The van der Waals surface area contributed by atoms with Crippen LogP contribution in [0.1, 0.15) is 16.2 Å². The van der Waals surface area contributed by atoms with E-state index in [0.29, 0.717) is 30.7 Å². The van der Waals surface area contributed by atoms with Crippen LogP contribution >= 0.6 is 0 Å². The van der Waals surface area contributed by atoms with Crippen molar-refractivity contribution in [2.75, 3.05) is 26.2 Å². The van der Waals surface area contributed by atoms with Gasteiger partial charge in [0.05, 0.1) is 42.1 Å². The number of carbonyl (C=O) groups excluding carboxylic acids is 1. The molecule has 150 valence electrons. The highest BCUT2D eigenvalue weighted by atomic mass is 19.1. The van der Waals surface area contributed by atoms with E-state index in [1.165, 1.54) is 41.3 Å². The fraction of sp³-hybridized carbons (Fsp3) is 0.300. The summed E-state index contributed by atoms with van der Waals surface area (Å²) >= 11 is 0. The third-order valence-corrected chi connectivity index (χ3v) is 5.42. The van der Waals surface area contributed by atoms with Gasteiger partial charge >= 0.3 is 0 Å². The van der Waals surface area contributed by atoms with Crippen LogP contribution in [-0.4, -0.2) is 51.5 Å². The molecular formula is C20H21FN5O3+. The van der Waals surface area contributed by atoms with Gasteiger partial charge < -0.3 is 14.4 Å². The molecule has 0 atom stereocenters. The zero-order chi connectivity index (χ0) is 20.5. The standard InChI is InChI=1S/C20H20FN5O3/c1-23-18-7-6-16(26(28)29)12-17(18)22-19(23)13-24-8-10-25(11-9-24)20(27)14-2-4-15(21)5-3-14/h2-7,12H,8-11,13H2,1H3/p+1. The number of nitrogens with one attached hydrogen (secondary N) is 1. The minimum atomic E-state index is -0.420. The number of nitro benzene ring substituents is 1. The second kappa shape index (κ2) is 7.59. The number of rotatable bonds is 4. The predicted molar refractivity (Wildman–Crippen MR) is 104 cm³/mol. The molecule has 1 saturated heterocycles. The molecule has 1 fully saturated rings. The molecule has 0 spiro atoms. The number of piperazine rings is 1. The summed E-state index contributed by atoms with van der Waals surface area (Å²) in [6.45, 7) is 3.45. The third kappa shape index (κ3) is 3.81. The van der Waals surface area contributed by atoms with E-state index in [9.17, 15) is 19.3 Å². The van der Waals surface area contributed by atoms with Crippen LogP contribution in [0.5, 0.6) is 0 Å². The van der Waals surface area contributed by atoms with Crippen LogP contribution in [0.2, 0.25) is 0 Å². The Kier molecular flexibility index (Phi) is 4.98. The number of nitrogens with zero attached hydrogens (tertiary/aromatic N) is 4. The van der Waals surface area contributed by atoms with Crippen molar-refractivity contribution >= 4 is 22.6 Å². The van der Waals surface area contributed by atoms with Gasteiger partial charge in [-0.05, 0) is 30.3 Å². The molecule has 0 aliphatic carbocycles. The first kappa shape index (κ1) is 19.0. The molecule has 1 aliphatic rings. The van der Waals surface area contributed by atoms with Crippen molar-refractivity contribution in [3.63, 3.8) is 0 Å². The lowest BCUT2D eigenvalue weighted by Gasteiger charge is -2.32. The predicted octanol–water partition coefficient (Wildman–Crippen LogP) is 1.16. The SMILES string of the molecule is Cn1c(C[NH+]2CCN(C(=O)c3ccc(F)cc3)CC2)nc2cc([N+](=O)[O-])ccc21. The second-order valence-corrected chi connectivity index (χ2v) is 7.24. The number of amides is 1. The van der Waals surface area contributed by atoms with Crippen LogP contribution in [0, 0.1) is 15.9 Å². The summed E-state index contributed by atoms with van der Waals surface area (Å²) in [6.07, 6.45) is 0. The monoisotopic (exact) mass is 398 g/mol. The molecule has 2 heterocycles. The van der Waals surface area contributed by atoms with Gasteiger partial charge in [-0.3, -0.25) is 14.9 Å². The first-order valence-corrected chi connectivity index (χ1v) is 9.40. The number of nitro groups is 1. The normalized spacial score (nSPS) is 15.0. The van der Waals surface area contributed by atoms with Crippen LogP contribution in [0.25, 0.3) is 11.0 Å². The maximum atomic E-state index is 13.1. The van der Waals surface area contributed by atoms with Crippen molar-refractivity contribution in [1.82, 2.24) is 14.5 Å². The van der Waals surface area contributed by atoms with Gasteiger partial charge in [0.1, 0.15) is 12.4 Å². The van der Waals surface area contributed by atoms with Gasteiger partial charge in [-0.15, -0.1) is 0 Å². The first-order valence-electron chi connectivity index (χ1n) is 9.40. The lowest BCUT2D eigenvalue weighted by atomic mass is 10.2. The van der Waals surface area contributed by atoms with Crippen molar-refractivity contribution in [3.8, 4) is 0 Å². The largest absolute Gasteiger partial charge is 0.327 e. The molecule has 0 unspecified atom stereocenters. The van der Waals surface area contributed by atoms with Crippen LogP contribution in [0.4, 0.5) is 10.1 Å². The van der Waals surface area contributed by atoms with E-state index in [1.54, 1.807) is 11.0 Å². The molecule has 29 heavy (non-hydrogen) atoms. The van der Waals surface area contributed by atoms with Gasteiger partial charge in [-0.2, -0.15) is 0 Å². The number of benzene rings is 2. The summed E-state index contributed by atoms with van der Waals surface area (Å²) in [7, 11) is 1.91. The molecular weight excluding hydrogens is 377 g/mol. The van der Waals surface area contributed by atoms with E-state index >= 15 is 0 Å². The molecule has 4 rings (SSSR count). The Bertz CT molecular complexity index is 1070. The Balaban J connectivity index is 1.42. The number of fused-ring (bicyclic) bond motifs is 1. The Morgan fingerprint density at radius 3 is 2.55 bits per heavy atom. The molecule has 1 aromatic heterocycles. The minimum absolute atomic E-state index is 0.0300. The van der Waals surface area contributed by atoms with Gasteiger partial charge in [0.25, 0.3) is 11.6 Å². The Morgan fingerprint density at radius 1 is 1.21 bits per heavy atom. The highest BCUT2D eigenvalue weighted by Crippen LogP contribution is 2.20. The van der Waals surface area contributed by atoms with E-state index in [4.69, 9.17) is 0 Å². The van der Waals surface area contributed by atoms with E-state index in [2.05, 4.69) is 4.98 Å². The average Bonchev–Trinajstić information content (AvgIpc) is 3.03. The lowest BCUT2D eigenvalue weighted by Crippen LogP contribution is -3.13. The van der Waals surface area contributed by atoms with Crippen molar-refractivity contribution in [2.45, 2.75) is 6.54 Å². The van der Waals surface area contributed by atoms with E-state index in [-0.39, 0.29) is 17.4 Å². The number of hydrogen-bond acceptors (Lipinski definition) is 4. The second-order valence-electron chi connectivity index (χ2n) is 7.24. The minimum Gasteiger partial charge on any atom is -0.327 e. The van der Waals surface area contributed by atoms with E-state index in [1.807, 2.05) is 11.6 Å². The molecule has 1 amide bonds. The zero-order valence-electron chi connectivity index (χ0n) is 16.0. The number of hydrogen-bond donors (Lipinski definition) is 1. The topological polar surface area (TPSA) is 85.7 Å². The van der Waals surface area contributed by atoms with Gasteiger partial charge in [-0.1, -0.05) is 0 Å². The van der Waals surface area contributed by atoms with Crippen molar-refractivity contribution < 1.29 is 19.0 Å². The van der Waals surface area contributed by atoms with Crippen LogP contribution < -0.4 is 4.90 Å². The van der Waals surface area contributed by atoms with Crippen molar-refractivity contribution in [3.05, 3.63) is 69.8 Å². The van der Waals surface area contributed by atoms with E-state index < -0.39 is 4.92 Å². The van der Waals surface area contributed by atoms with Gasteiger partial charge in [0.2, 0.25) is 0 Å². The number of aryl methyl sites for hydroxylation is 1. The highest BCUT2D eigenvalue weighted by molar-refractivity contribution is 5.94. The fourth-order valence-corrected chi connectivity index (χ4v) is 3.71.